The second-order valence-corrected chi connectivity index (χ2v) is 12.2. The van der Waals surface area contributed by atoms with Crippen molar-refractivity contribution in [3.8, 4) is 0 Å². The molecule has 0 aliphatic heterocycles. The van der Waals surface area contributed by atoms with Crippen LogP contribution in [0.15, 0.2) is 12.1 Å². The van der Waals surface area contributed by atoms with Gasteiger partial charge in [-0.05, 0) is 62.5 Å². The molecular formula is C26H44O2P. The highest BCUT2D eigenvalue weighted by Crippen LogP contribution is 2.42. The van der Waals surface area contributed by atoms with Crippen molar-refractivity contribution in [1.82, 2.24) is 0 Å². The molecule has 0 bridgehead atoms. The van der Waals surface area contributed by atoms with Gasteiger partial charge in [0.25, 0.3) is 0 Å². The van der Waals surface area contributed by atoms with E-state index in [0.29, 0.717) is 11.5 Å². The van der Waals surface area contributed by atoms with Crippen molar-refractivity contribution < 1.29 is 9.36 Å². The van der Waals surface area contributed by atoms with Gasteiger partial charge in [0.1, 0.15) is 7.80 Å². The topological polar surface area (TPSA) is 34.1 Å². The van der Waals surface area contributed by atoms with E-state index in [2.05, 4.69) is 34.6 Å². The molecule has 0 heterocycles. The van der Waals surface area contributed by atoms with E-state index in [4.69, 9.17) is 0 Å². The molecule has 0 aromatic heterocycles. The van der Waals surface area contributed by atoms with E-state index in [1.54, 1.807) is 0 Å². The summed E-state index contributed by atoms with van der Waals surface area (Å²) in [6, 6.07) is 4.07. The Morgan fingerprint density at radius 1 is 1.00 bits per heavy atom. The van der Waals surface area contributed by atoms with Crippen LogP contribution in [-0.4, -0.2) is 11.2 Å². The summed E-state index contributed by atoms with van der Waals surface area (Å²) in [5.41, 5.74) is 3.88. The van der Waals surface area contributed by atoms with Crippen LogP contribution in [-0.2, 0) is 4.57 Å². The van der Waals surface area contributed by atoms with Crippen molar-refractivity contribution in [1.29, 1.82) is 0 Å². The van der Waals surface area contributed by atoms with Gasteiger partial charge in [0.15, 0.2) is 0 Å². The minimum absolute atomic E-state index is 0.00317. The SMILES string of the molecule is CCCCCCCC(CC(C)CC(C)(C)C)[P](=O)C(=O)c1c(C)cc(C)cc1C. The number of carbonyl (C=O) groups excluding carboxylic acids is 1. The molecule has 3 heteroatoms. The zero-order valence-corrected chi connectivity index (χ0v) is 21.1. The van der Waals surface area contributed by atoms with E-state index < -0.39 is 7.80 Å². The van der Waals surface area contributed by atoms with Crippen LogP contribution in [0, 0.1) is 32.1 Å². The molecule has 0 saturated heterocycles. The smallest absolute Gasteiger partial charge is 0.242 e. The number of hydrogen-bond acceptors (Lipinski definition) is 2. The highest BCUT2D eigenvalue weighted by molar-refractivity contribution is 7.65. The van der Waals surface area contributed by atoms with Crippen molar-refractivity contribution in [2.24, 2.45) is 11.3 Å². The predicted octanol–water partition coefficient (Wildman–Crippen LogP) is 8.77. The summed E-state index contributed by atoms with van der Waals surface area (Å²) in [6.45, 7) is 17.2. The second kappa shape index (κ2) is 12.0. The molecule has 0 saturated carbocycles. The van der Waals surface area contributed by atoms with Crippen LogP contribution in [0.2, 0.25) is 0 Å². The Morgan fingerprint density at radius 2 is 1.55 bits per heavy atom. The predicted molar refractivity (Wildman–Crippen MR) is 128 cm³/mol. The Bertz CT molecular complexity index is 661. The first-order valence-electron chi connectivity index (χ1n) is 11.5. The standard InChI is InChI=1S/C26H44O2P/c1-9-10-11-12-13-14-23(17-20(3)18-26(6,7)8)29(28)25(27)24-21(4)15-19(2)16-22(24)5/h15-16,20,23H,9-14,17-18H2,1-8H3. The Hall–Kier alpha value is -1.01. The molecule has 1 aromatic rings. The fraction of sp³-hybridized carbons (Fsp3) is 0.731. The minimum Gasteiger partial charge on any atom is -0.281 e. The van der Waals surface area contributed by atoms with Crippen molar-refractivity contribution in [3.63, 3.8) is 0 Å². The summed E-state index contributed by atoms with van der Waals surface area (Å²) in [5, 5.41) is 0. The maximum Gasteiger partial charge on any atom is 0.242 e. The molecule has 1 radical (unpaired) electrons. The van der Waals surface area contributed by atoms with Crippen LogP contribution >= 0.6 is 7.80 Å². The van der Waals surface area contributed by atoms with Crippen LogP contribution in [0.5, 0.6) is 0 Å². The maximum atomic E-state index is 13.5. The first kappa shape index (κ1) is 26.0. The fourth-order valence-corrected chi connectivity index (χ4v) is 6.57. The highest BCUT2D eigenvalue weighted by atomic mass is 31.1. The monoisotopic (exact) mass is 419 g/mol. The van der Waals surface area contributed by atoms with Crippen LogP contribution in [0.3, 0.4) is 0 Å². The molecule has 3 unspecified atom stereocenters. The van der Waals surface area contributed by atoms with E-state index in [1.807, 2.05) is 32.9 Å². The summed E-state index contributed by atoms with van der Waals surface area (Å²) < 4.78 is 13.5. The van der Waals surface area contributed by atoms with Crippen molar-refractivity contribution >= 4 is 13.3 Å². The number of rotatable bonds is 12. The average molecular weight is 420 g/mol. The molecule has 0 N–H and O–H groups in total. The molecule has 0 aliphatic carbocycles. The zero-order valence-electron chi connectivity index (χ0n) is 20.2. The van der Waals surface area contributed by atoms with Gasteiger partial charge in [-0.1, -0.05) is 84.4 Å². The van der Waals surface area contributed by atoms with E-state index in [9.17, 15) is 9.36 Å². The van der Waals surface area contributed by atoms with Gasteiger partial charge in [0.2, 0.25) is 5.52 Å². The molecule has 3 atom stereocenters. The summed E-state index contributed by atoms with van der Waals surface area (Å²) in [5.74, 6) is 0.475. The van der Waals surface area contributed by atoms with Crippen LogP contribution in [0.25, 0.3) is 0 Å². The third-order valence-corrected chi connectivity index (χ3v) is 7.46. The van der Waals surface area contributed by atoms with Crippen LogP contribution < -0.4 is 0 Å². The van der Waals surface area contributed by atoms with Crippen LogP contribution in [0.1, 0.15) is 113 Å². The summed E-state index contributed by atoms with van der Waals surface area (Å²) in [7, 11) is -1.91. The van der Waals surface area contributed by atoms with Crippen molar-refractivity contribution in [3.05, 3.63) is 34.4 Å². The van der Waals surface area contributed by atoms with Gasteiger partial charge >= 0.3 is 0 Å². The molecule has 1 rings (SSSR count). The number of benzene rings is 1. The first-order chi connectivity index (χ1) is 13.5. The molecule has 2 nitrogen and oxygen atoms in total. The number of carbonyl (C=O) groups is 1. The van der Waals surface area contributed by atoms with Gasteiger partial charge in [-0.25, -0.2) is 0 Å². The van der Waals surface area contributed by atoms with E-state index in [1.165, 1.54) is 25.7 Å². The zero-order chi connectivity index (χ0) is 22.2. The van der Waals surface area contributed by atoms with E-state index in [-0.39, 0.29) is 16.6 Å². The Labute approximate surface area is 181 Å². The number of aryl methyl sites for hydroxylation is 3. The van der Waals surface area contributed by atoms with Gasteiger partial charge in [0.05, 0.1) is 0 Å². The Morgan fingerprint density at radius 3 is 2.07 bits per heavy atom. The molecule has 0 spiro atoms. The molecule has 0 fully saturated rings. The normalized spacial score (nSPS) is 14.6. The van der Waals surface area contributed by atoms with Gasteiger partial charge in [-0.2, -0.15) is 0 Å². The lowest BCUT2D eigenvalue weighted by molar-refractivity contribution is 0.107. The second-order valence-electron chi connectivity index (χ2n) is 10.4. The molecule has 0 amide bonds. The molecule has 0 aliphatic rings. The summed E-state index contributed by atoms with van der Waals surface area (Å²) in [4.78, 5) is 13.3. The third kappa shape index (κ3) is 9.12. The van der Waals surface area contributed by atoms with Crippen molar-refractivity contribution in [2.75, 3.05) is 0 Å². The highest BCUT2D eigenvalue weighted by Gasteiger charge is 2.29. The van der Waals surface area contributed by atoms with Crippen molar-refractivity contribution in [2.45, 2.75) is 112 Å². The summed E-state index contributed by atoms with van der Waals surface area (Å²) in [6.07, 6.45) is 8.87. The van der Waals surface area contributed by atoms with Gasteiger partial charge in [-0.15, -0.1) is 0 Å². The first-order valence-corrected chi connectivity index (χ1v) is 12.9. The minimum atomic E-state index is -1.91. The van der Waals surface area contributed by atoms with E-state index >= 15 is 0 Å². The molecule has 165 valence electrons. The Kier molecular flexibility index (Phi) is 10.8. The van der Waals surface area contributed by atoms with Gasteiger partial charge < -0.3 is 0 Å². The lowest BCUT2D eigenvalue weighted by Crippen LogP contribution is -2.17. The van der Waals surface area contributed by atoms with Crippen LogP contribution in [0.4, 0.5) is 0 Å². The quantitative estimate of drug-likeness (QED) is 0.250. The Balaban J connectivity index is 2.97. The summed E-state index contributed by atoms with van der Waals surface area (Å²) >= 11 is 0. The number of hydrogen-bond donors (Lipinski definition) is 0. The lowest BCUT2D eigenvalue weighted by Gasteiger charge is -2.26. The molecular weight excluding hydrogens is 375 g/mol. The van der Waals surface area contributed by atoms with Gasteiger partial charge in [-0.3, -0.25) is 9.36 Å². The van der Waals surface area contributed by atoms with E-state index in [0.717, 1.165) is 42.4 Å². The third-order valence-electron chi connectivity index (χ3n) is 5.70. The number of unbranched alkanes of at least 4 members (excludes halogenated alkanes) is 4. The maximum absolute atomic E-state index is 13.5. The lowest BCUT2D eigenvalue weighted by atomic mass is 9.83. The largest absolute Gasteiger partial charge is 0.281 e. The van der Waals surface area contributed by atoms with Gasteiger partial charge in [0, 0.05) is 11.2 Å². The molecule has 1 aromatic carbocycles. The average Bonchev–Trinajstić information content (AvgIpc) is 2.57. The fourth-order valence-electron chi connectivity index (χ4n) is 4.70. The molecule has 29 heavy (non-hydrogen) atoms.